The smallest absolute Gasteiger partial charge is 0.329 e. The van der Waals surface area contributed by atoms with Gasteiger partial charge in [0.15, 0.2) is 0 Å². The van der Waals surface area contributed by atoms with Crippen molar-refractivity contribution in [3.63, 3.8) is 0 Å². The topological polar surface area (TPSA) is 160 Å². The van der Waals surface area contributed by atoms with Crippen LogP contribution in [0.4, 0.5) is 5.82 Å². The molecule has 6 aromatic rings. The van der Waals surface area contributed by atoms with E-state index in [0.29, 0.717) is 40.3 Å². The van der Waals surface area contributed by atoms with Crippen LogP contribution in [0.3, 0.4) is 0 Å². The zero-order valence-corrected chi connectivity index (χ0v) is 39.4. The van der Waals surface area contributed by atoms with Crippen LogP contribution in [-0.2, 0) is 30.2 Å². The molecule has 4 saturated heterocycles. The molecule has 2 atom stereocenters. The Balaban J connectivity index is 0.676. The molecule has 4 fully saturated rings. The van der Waals surface area contributed by atoms with Gasteiger partial charge in [0.25, 0.3) is 5.91 Å². The quantitative estimate of drug-likeness (QED) is 0.154. The molecule has 0 radical (unpaired) electrons. The lowest BCUT2D eigenvalue weighted by Gasteiger charge is -2.39. The Morgan fingerprint density at radius 2 is 1.55 bits per heavy atom. The van der Waals surface area contributed by atoms with E-state index in [0.717, 1.165) is 118 Å². The molecule has 10 rings (SSSR count). The molecular formula is C51H60ClN11O4. The number of carbonyl (C=O) groups excluding carboxylic acids is 3. The number of imidazole rings is 1. The number of rotatable bonds is 10. The summed E-state index contributed by atoms with van der Waals surface area (Å²) in [5.74, 6) is 0.886. The summed E-state index contributed by atoms with van der Waals surface area (Å²) in [5, 5.41) is 4.04. The van der Waals surface area contributed by atoms with Crippen molar-refractivity contribution < 1.29 is 14.4 Å². The van der Waals surface area contributed by atoms with E-state index in [1.165, 1.54) is 15.8 Å². The van der Waals surface area contributed by atoms with E-state index in [1.807, 2.05) is 47.6 Å². The number of nitrogens with zero attached hydrogens (tertiary/aromatic N) is 9. The number of piperidine rings is 3. The van der Waals surface area contributed by atoms with Crippen molar-refractivity contribution in [1.82, 2.24) is 48.6 Å². The van der Waals surface area contributed by atoms with Gasteiger partial charge in [-0.25, -0.2) is 14.8 Å². The standard InChI is InChI=1S/C51H60ClN11O4/c1-32(43-27-40-39(12-17-54-48(40)57(43)2)37-8-10-46(53)55-29-37)61-20-15-35(16-21-61)34-4-6-36(7-5-34)50(66)62-18-13-33(14-19-62)30-59-22-24-60(25-23-59)31-38-26-44-45(28-41(38)52)63(51(67)58(44)3)42-9-11-47(64)56-49(42)65/h4-8,10,12,17,26-29,32-33,35,42H,9,11,13-16,18-25,30-31H2,1-3H3,(H2,53,55)(H,56,64,65)/t32-,42?/m0/s1. The first kappa shape index (κ1) is 44.9. The predicted octanol–water partition coefficient (Wildman–Crippen LogP) is 6.11. The molecule has 15 nitrogen and oxygen atoms in total. The Kier molecular flexibility index (Phi) is 12.5. The second-order valence-corrected chi connectivity index (χ2v) is 19.6. The average molecular weight is 927 g/mol. The normalized spacial score (nSPS) is 20.2. The van der Waals surface area contributed by atoms with E-state index >= 15 is 0 Å². The Morgan fingerprint density at radius 1 is 0.821 bits per heavy atom. The van der Waals surface area contributed by atoms with Gasteiger partial charge in [0.05, 0.1) is 11.0 Å². The fourth-order valence-corrected chi connectivity index (χ4v) is 11.4. The van der Waals surface area contributed by atoms with Crippen LogP contribution in [0.2, 0.25) is 5.02 Å². The van der Waals surface area contributed by atoms with E-state index in [-0.39, 0.29) is 36.4 Å². The van der Waals surface area contributed by atoms with E-state index < -0.39 is 11.9 Å². The maximum absolute atomic E-state index is 13.7. The SMILES string of the molecule is C[C@@H](c1cc2c(-c3ccc(N)nc3)ccnc2n1C)N1CCC(c2ccc(C(=O)N3CCC(CN4CCN(Cc5cc6c(cc5Cl)n(C5CCC(=O)NC5=O)c(=O)n6C)CC4)CC3)cc2)CC1. The largest absolute Gasteiger partial charge is 0.384 e. The van der Waals surface area contributed by atoms with Crippen molar-refractivity contribution in [2.45, 2.75) is 70.0 Å². The van der Waals surface area contributed by atoms with E-state index in [4.69, 9.17) is 22.3 Å². The summed E-state index contributed by atoms with van der Waals surface area (Å²) >= 11 is 6.83. The number of aromatic nitrogens is 5. The number of carbonyl (C=O) groups is 3. The molecule has 0 spiro atoms. The van der Waals surface area contributed by atoms with Gasteiger partial charge in [0, 0.05) is 119 Å². The number of likely N-dealkylation sites (tertiary alicyclic amines) is 2. The number of nitrogens with one attached hydrogen (secondary N) is 1. The first-order valence-electron chi connectivity index (χ1n) is 23.9. The molecule has 2 aromatic carbocycles. The number of piperazine rings is 1. The van der Waals surface area contributed by atoms with Crippen molar-refractivity contribution in [1.29, 1.82) is 0 Å². The van der Waals surface area contributed by atoms with E-state index in [1.54, 1.807) is 17.7 Å². The van der Waals surface area contributed by atoms with Crippen LogP contribution in [0.25, 0.3) is 33.2 Å². The summed E-state index contributed by atoms with van der Waals surface area (Å²) < 4.78 is 5.26. The second-order valence-electron chi connectivity index (χ2n) is 19.2. The molecule has 1 unspecified atom stereocenters. The Labute approximate surface area is 395 Å². The minimum atomic E-state index is -0.747. The van der Waals surface area contributed by atoms with Crippen LogP contribution in [0.5, 0.6) is 0 Å². The molecule has 3 amide bonds. The lowest BCUT2D eigenvalue weighted by molar-refractivity contribution is -0.135. The minimum absolute atomic E-state index is 0.131. The molecule has 4 aliphatic heterocycles. The summed E-state index contributed by atoms with van der Waals surface area (Å²) in [5.41, 5.74) is 14.3. The van der Waals surface area contributed by atoms with Crippen LogP contribution in [0.15, 0.2) is 77.9 Å². The van der Waals surface area contributed by atoms with Gasteiger partial charge in [-0.3, -0.25) is 38.6 Å². The van der Waals surface area contributed by atoms with E-state index in [9.17, 15) is 19.2 Å². The number of nitrogen functional groups attached to an aromatic ring is 1. The predicted molar refractivity (Wildman–Crippen MR) is 261 cm³/mol. The Bertz CT molecular complexity index is 2880. The number of pyridine rings is 2. The summed E-state index contributed by atoms with van der Waals surface area (Å²) in [6, 6.07) is 19.9. The molecular weight excluding hydrogens is 866 g/mol. The Hall–Kier alpha value is -5.87. The van der Waals surface area contributed by atoms with Crippen LogP contribution in [0, 0.1) is 5.92 Å². The van der Waals surface area contributed by atoms with Gasteiger partial charge in [-0.15, -0.1) is 0 Å². The minimum Gasteiger partial charge on any atom is -0.384 e. The van der Waals surface area contributed by atoms with Gasteiger partial charge in [-0.05, 0) is 129 Å². The maximum Gasteiger partial charge on any atom is 0.329 e. The van der Waals surface area contributed by atoms with Gasteiger partial charge in [0.2, 0.25) is 11.8 Å². The summed E-state index contributed by atoms with van der Waals surface area (Å²) in [6.07, 6.45) is 8.32. The average Bonchev–Trinajstić information content (AvgIpc) is 3.80. The number of amides is 3. The highest BCUT2D eigenvalue weighted by atomic mass is 35.5. The first-order chi connectivity index (χ1) is 32.4. The van der Waals surface area contributed by atoms with Crippen LogP contribution < -0.4 is 16.7 Å². The number of hydrogen-bond acceptors (Lipinski definition) is 10. The van der Waals surface area contributed by atoms with Crippen LogP contribution in [-0.4, -0.2) is 120 Å². The summed E-state index contributed by atoms with van der Waals surface area (Å²) in [7, 11) is 3.82. The second kappa shape index (κ2) is 18.7. The zero-order valence-electron chi connectivity index (χ0n) is 38.7. The van der Waals surface area contributed by atoms with Crippen molar-refractivity contribution in [2.24, 2.45) is 20.0 Å². The highest BCUT2D eigenvalue weighted by Gasteiger charge is 2.33. The highest BCUT2D eigenvalue weighted by molar-refractivity contribution is 6.32. The number of fused-ring (bicyclic) bond motifs is 2. The summed E-state index contributed by atoms with van der Waals surface area (Å²) in [6.45, 7) is 11.3. The molecule has 8 heterocycles. The van der Waals surface area contributed by atoms with Gasteiger partial charge < -0.3 is 20.1 Å². The molecule has 0 saturated carbocycles. The fraction of sp³-hybridized carbons (Fsp3) is 0.451. The molecule has 67 heavy (non-hydrogen) atoms. The number of aryl methyl sites for hydroxylation is 2. The summed E-state index contributed by atoms with van der Waals surface area (Å²) in [4.78, 5) is 70.0. The molecule has 3 N–H and O–H groups in total. The van der Waals surface area contributed by atoms with Crippen molar-refractivity contribution >= 4 is 57.2 Å². The van der Waals surface area contributed by atoms with Crippen molar-refractivity contribution in [2.75, 3.05) is 64.6 Å². The molecule has 16 heteroatoms. The van der Waals surface area contributed by atoms with Crippen LogP contribution >= 0.6 is 11.6 Å². The monoisotopic (exact) mass is 925 g/mol. The third-order valence-corrected chi connectivity index (χ3v) is 15.6. The van der Waals surface area contributed by atoms with Gasteiger partial charge in [-0.1, -0.05) is 23.7 Å². The van der Waals surface area contributed by atoms with Gasteiger partial charge in [-0.2, -0.15) is 0 Å². The molecule has 0 aliphatic carbocycles. The number of halogens is 1. The lowest BCUT2D eigenvalue weighted by Crippen LogP contribution is -2.48. The van der Waals surface area contributed by atoms with Crippen molar-refractivity contribution in [3.8, 4) is 11.1 Å². The number of anilines is 1. The molecule has 4 aromatic heterocycles. The number of imide groups is 1. The zero-order chi connectivity index (χ0) is 46.5. The van der Waals surface area contributed by atoms with Crippen LogP contribution in [0.1, 0.15) is 90.6 Å². The number of hydrogen-bond donors (Lipinski definition) is 2. The van der Waals surface area contributed by atoms with Gasteiger partial charge in [0.1, 0.15) is 17.5 Å². The Morgan fingerprint density at radius 3 is 2.25 bits per heavy atom. The van der Waals surface area contributed by atoms with E-state index in [2.05, 4.69) is 67.8 Å². The lowest BCUT2D eigenvalue weighted by atomic mass is 9.88. The maximum atomic E-state index is 13.7. The number of nitrogens with two attached hydrogens (primary N) is 1. The van der Waals surface area contributed by atoms with Gasteiger partial charge >= 0.3 is 5.69 Å². The molecule has 0 bridgehead atoms. The third-order valence-electron chi connectivity index (χ3n) is 15.3. The molecule has 4 aliphatic rings. The third kappa shape index (κ3) is 8.90. The van der Waals surface area contributed by atoms with Crippen molar-refractivity contribution in [3.05, 3.63) is 111 Å². The number of benzene rings is 2. The fourth-order valence-electron chi connectivity index (χ4n) is 11.2. The highest BCUT2D eigenvalue weighted by Crippen LogP contribution is 2.37. The first-order valence-corrected chi connectivity index (χ1v) is 24.2. The molecule has 350 valence electrons.